The zero-order valence-electron chi connectivity index (χ0n) is 9.99. The lowest BCUT2D eigenvalue weighted by atomic mass is 10.3. The molecular weight excluding hydrogens is 277 g/mol. The second-order valence-corrected chi connectivity index (χ2v) is 4.66. The smallest absolute Gasteiger partial charge is 0.257 e. The van der Waals surface area contributed by atoms with Crippen molar-refractivity contribution in [2.75, 3.05) is 26.9 Å². The van der Waals surface area contributed by atoms with Crippen LogP contribution in [0.25, 0.3) is 0 Å². The maximum absolute atomic E-state index is 11.4. The third kappa shape index (κ3) is 6.10. The number of methoxy groups -OCH3 is 1. The molecule has 0 aliphatic carbocycles. The molecule has 1 N–H and O–H groups in total. The zero-order chi connectivity index (χ0) is 13.4. The summed E-state index contributed by atoms with van der Waals surface area (Å²) >= 11 is 11.7. The Morgan fingerprint density at radius 3 is 2.94 bits per heavy atom. The number of amides is 1. The van der Waals surface area contributed by atoms with Gasteiger partial charge in [0.2, 0.25) is 0 Å². The highest BCUT2D eigenvalue weighted by Crippen LogP contribution is 2.16. The van der Waals surface area contributed by atoms with Gasteiger partial charge in [-0.1, -0.05) is 17.7 Å². The molecule has 0 fully saturated rings. The number of nitrogens with one attached hydrogen (secondary N) is 1. The Labute approximate surface area is 116 Å². The van der Waals surface area contributed by atoms with Crippen molar-refractivity contribution in [2.24, 2.45) is 0 Å². The van der Waals surface area contributed by atoms with Crippen molar-refractivity contribution in [1.29, 1.82) is 0 Å². The molecule has 100 valence electrons. The van der Waals surface area contributed by atoms with E-state index in [1.54, 1.807) is 31.4 Å². The van der Waals surface area contributed by atoms with Crippen LogP contribution in [0.15, 0.2) is 24.3 Å². The van der Waals surface area contributed by atoms with E-state index in [0.717, 1.165) is 0 Å². The molecule has 1 atom stereocenters. The maximum Gasteiger partial charge on any atom is 0.257 e. The van der Waals surface area contributed by atoms with Gasteiger partial charge >= 0.3 is 0 Å². The predicted molar refractivity (Wildman–Crippen MR) is 71.5 cm³/mol. The summed E-state index contributed by atoms with van der Waals surface area (Å²) in [5, 5.41) is 2.96. The van der Waals surface area contributed by atoms with Gasteiger partial charge < -0.3 is 14.8 Å². The molecule has 6 heteroatoms. The number of hydrogen-bond acceptors (Lipinski definition) is 3. The van der Waals surface area contributed by atoms with Crippen LogP contribution in [0.5, 0.6) is 5.75 Å². The van der Waals surface area contributed by atoms with Crippen molar-refractivity contribution in [1.82, 2.24) is 5.32 Å². The molecule has 1 amide bonds. The number of rotatable bonds is 7. The van der Waals surface area contributed by atoms with Gasteiger partial charge in [-0.15, -0.1) is 11.6 Å². The minimum Gasteiger partial charge on any atom is -0.484 e. The third-order valence-corrected chi connectivity index (χ3v) is 2.55. The first-order chi connectivity index (χ1) is 8.61. The second kappa shape index (κ2) is 8.19. The highest BCUT2D eigenvalue weighted by Gasteiger charge is 2.07. The van der Waals surface area contributed by atoms with E-state index < -0.39 is 0 Å². The van der Waals surface area contributed by atoms with E-state index in [0.29, 0.717) is 23.9 Å². The summed E-state index contributed by atoms with van der Waals surface area (Å²) in [6, 6.07) is 6.86. The van der Waals surface area contributed by atoms with Crippen LogP contribution >= 0.6 is 23.2 Å². The van der Waals surface area contributed by atoms with Gasteiger partial charge in [-0.05, 0) is 18.2 Å². The van der Waals surface area contributed by atoms with Gasteiger partial charge in [0.15, 0.2) is 6.61 Å². The average molecular weight is 292 g/mol. The third-order valence-electron chi connectivity index (χ3n) is 2.03. The fourth-order valence-corrected chi connectivity index (χ4v) is 1.60. The summed E-state index contributed by atoms with van der Waals surface area (Å²) in [6.45, 7) is 0.654. The summed E-state index contributed by atoms with van der Waals surface area (Å²) in [5.41, 5.74) is 0. The van der Waals surface area contributed by atoms with Gasteiger partial charge in [-0.2, -0.15) is 0 Å². The van der Waals surface area contributed by atoms with Crippen molar-refractivity contribution in [3.8, 4) is 5.75 Å². The molecule has 0 spiro atoms. The number of alkyl halides is 1. The summed E-state index contributed by atoms with van der Waals surface area (Å²) in [5.74, 6) is 0.314. The van der Waals surface area contributed by atoms with Crippen LogP contribution in [-0.4, -0.2) is 38.2 Å². The van der Waals surface area contributed by atoms with Crippen molar-refractivity contribution < 1.29 is 14.3 Å². The van der Waals surface area contributed by atoms with E-state index in [4.69, 9.17) is 32.7 Å². The minimum absolute atomic E-state index is 0.0725. The summed E-state index contributed by atoms with van der Waals surface area (Å²) in [7, 11) is 1.56. The number of hydrogen-bond donors (Lipinski definition) is 1. The quantitative estimate of drug-likeness (QED) is 0.783. The topological polar surface area (TPSA) is 47.6 Å². The Morgan fingerprint density at radius 2 is 2.28 bits per heavy atom. The van der Waals surface area contributed by atoms with E-state index in [9.17, 15) is 4.79 Å². The molecule has 1 aromatic carbocycles. The molecule has 0 saturated carbocycles. The number of ether oxygens (including phenoxy) is 2. The van der Waals surface area contributed by atoms with Crippen LogP contribution in [0.3, 0.4) is 0 Å². The van der Waals surface area contributed by atoms with Crippen LogP contribution < -0.4 is 10.1 Å². The van der Waals surface area contributed by atoms with Crippen molar-refractivity contribution >= 4 is 29.1 Å². The van der Waals surface area contributed by atoms with E-state index in [1.807, 2.05) is 0 Å². The van der Waals surface area contributed by atoms with Gasteiger partial charge in [-0.25, -0.2) is 0 Å². The van der Waals surface area contributed by atoms with Crippen molar-refractivity contribution in [2.45, 2.75) is 5.38 Å². The van der Waals surface area contributed by atoms with Gasteiger partial charge in [0, 0.05) is 18.7 Å². The molecule has 0 bridgehead atoms. The number of carbonyl (C=O) groups is 1. The second-order valence-electron chi connectivity index (χ2n) is 3.60. The zero-order valence-corrected chi connectivity index (χ0v) is 11.5. The fourth-order valence-electron chi connectivity index (χ4n) is 1.22. The Kier molecular flexibility index (Phi) is 6.86. The Morgan fingerprint density at radius 1 is 1.50 bits per heavy atom. The van der Waals surface area contributed by atoms with E-state index in [1.165, 1.54) is 0 Å². The van der Waals surface area contributed by atoms with Crippen LogP contribution in [0, 0.1) is 0 Å². The van der Waals surface area contributed by atoms with E-state index in [2.05, 4.69) is 5.32 Å². The number of benzene rings is 1. The lowest BCUT2D eigenvalue weighted by molar-refractivity contribution is -0.123. The van der Waals surface area contributed by atoms with Gasteiger partial charge in [0.05, 0.1) is 12.0 Å². The van der Waals surface area contributed by atoms with Crippen LogP contribution in [0.2, 0.25) is 5.02 Å². The standard InChI is InChI=1S/C12H15Cl2NO3/c1-17-7-10(14)6-15-12(16)8-18-11-4-2-3-9(13)5-11/h2-5,10H,6-8H2,1H3,(H,15,16). The summed E-state index contributed by atoms with van der Waals surface area (Å²) < 4.78 is 10.1. The van der Waals surface area contributed by atoms with Crippen molar-refractivity contribution in [3.63, 3.8) is 0 Å². The largest absolute Gasteiger partial charge is 0.484 e. The first-order valence-electron chi connectivity index (χ1n) is 5.40. The first-order valence-corrected chi connectivity index (χ1v) is 6.21. The lowest BCUT2D eigenvalue weighted by Crippen LogP contribution is -2.34. The molecule has 4 nitrogen and oxygen atoms in total. The maximum atomic E-state index is 11.4. The van der Waals surface area contributed by atoms with Gasteiger partial charge in [0.25, 0.3) is 5.91 Å². The predicted octanol–water partition coefficient (Wildman–Crippen LogP) is 2.09. The molecule has 0 aromatic heterocycles. The number of halogens is 2. The van der Waals surface area contributed by atoms with Gasteiger partial charge in [-0.3, -0.25) is 4.79 Å². The Bertz CT molecular complexity index is 387. The van der Waals surface area contributed by atoms with E-state index in [-0.39, 0.29) is 17.9 Å². The Hall–Kier alpha value is -0.970. The molecule has 1 rings (SSSR count). The van der Waals surface area contributed by atoms with Crippen LogP contribution in [0.4, 0.5) is 0 Å². The average Bonchev–Trinajstić information content (AvgIpc) is 2.34. The monoisotopic (exact) mass is 291 g/mol. The summed E-state index contributed by atoms with van der Waals surface area (Å²) in [6.07, 6.45) is 0. The number of carbonyl (C=O) groups excluding carboxylic acids is 1. The summed E-state index contributed by atoms with van der Waals surface area (Å²) in [4.78, 5) is 11.4. The van der Waals surface area contributed by atoms with Gasteiger partial charge in [0.1, 0.15) is 5.75 Å². The van der Waals surface area contributed by atoms with E-state index >= 15 is 0 Å². The molecule has 0 saturated heterocycles. The minimum atomic E-state index is -0.245. The molecular formula is C12H15Cl2NO3. The highest BCUT2D eigenvalue weighted by molar-refractivity contribution is 6.30. The molecule has 0 heterocycles. The van der Waals surface area contributed by atoms with Crippen LogP contribution in [-0.2, 0) is 9.53 Å². The molecule has 0 aliphatic rings. The fraction of sp³-hybridized carbons (Fsp3) is 0.417. The molecule has 1 unspecified atom stereocenters. The highest BCUT2D eigenvalue weighted by atomic mass is 35.5. The van der Waals surface area contributed by atoms with Crippen LogP contribution in [0.1, 0.15) is 0 Å². The molecule has 0 aliphatic heterocycles. The lowest BCUT2D eigenvalue weighted by Gasteiger charge is -2.10. The molecule has 0 radical (unpaired) electrons. The molecule has 18 heavy (non-hydrogen) atoms. The SMILES string of the molecule is COCC(Cl)CNC(=O)COc1cccc(Cl)c1. The van der Waals surface area contributed by atoms with Crippen molar-refractivity contribution in [3.05, 3.63) is 29.3 Å². The molecule has 1 aromatic rings. The Balaban J connectivity index is 2.25. The first kappa shape index (κ1) is 15.1. The normalized spacial score (nSPS) is 11.9.